The molecule has 1 N–H and O–H groups in total. The zero-order valence-corrected chi connectivity index (χ0v) is 13.0. The molecule has 0 radical (unpaired) electrons. The van der Waals surface area contributed by atoms with Gasteiger partial charge in [-0.1, -0.05) is 36.9 Å². The van der Waals surface area contributed by atoms with Gasteiger partial charge in [-0.25, -0.2) is 17.9 Å². The molecule has 6 heteroatoms. The van der Waals surface area contributed by atoms with Gasteiger partial charge in [-0.15, -0.1) is 0 Å². The van der Waals surface area contributed by atoms with Crippen molar-refractivity contribution in [3.05, 3.63) is 54.6 Å². The molecule has 0 aromatic heterocycles. The summed E-state index contributed by atoms with van der Waals surface area (Å²) in [6.07, 6.45) is 0. The normalized spacial score (nSPS) is 11.3. The van der Waals surface area contributed by atoms with Crippen LogP contribution in [0.4, 0.5) is 0 Å². The number of fused-ring (bicyclic) bond motifs is 1. The molecule has 2 aromatic rings. The molecule has 22 heavy (non-hydrogen) atoms. The van der Waals surface area contributed by atoms with Crippen molar-refractivity contribution in [1.29, 1.82) is 0 Å². The van der Waals surface area contributed by atoms with Gasteiger partial charge in [0.25, 0.3) is 0 Å². The first kappa shape index (κ1) is 16.2. The highest BCUT2D eigenvalue weighted by Crippen LogP contribution is 2.18. The number of benzene rings is 2. The number of hydrogen-bond donors (Lipinski definition) is 1. The van der Waals surface area contributed by atoms with Crippen molar-refractivity contribution in [2.24, 2.45) is 0 Å². The number of ether oxygens (including phenoxy) is 1. The standard InChI is InChI=1S/C16H17NO4S/c1-12(2)16(18)21-10-9-17-22(19,20)15-8-7-13-5-3-4-6-14(13)11-15/h3-8,11,17H,1,9-10H2,2H3. The zero-order chi connectivity index (χ0) is 16.2. The van der Waals surface area contributed by atoms with Gasteiger partial charge in [0.2, 0.25) is 10.0 Å². The Morgan fingerprint density at radius 2 is 1.86 bits per heavy atom. The minimum Gasteiger partial charge on any atom is -0.461 e. The van der Waals surface area contributed by atoms with E-state index in [4.69, 9.17) is 4.74 Å². The van der Waals surface area contributed by atoms with Crippen LogP contribution in [0.3, 0.4) is 0 Å². The second-order valence-electron chi connectivity index (χ2n) is 4.82. The van der Waals surface area contributed by atoms with Gasteiger partial charge in [-0.05, 0) is 29.8 Å². The molecule has 0 saturated heterocycles. The summed E-state index contributed by atoms with van der Waals surface area (Å²) < 4.78 is 31.6. The van der Waals surface area contributed by atoms with Crippen molar-refractivity contribution in [3.8, 4) is 0 Å². The maximum Gasteiger partial charge on any atom is 0.333 e. The summed E-state index contributed by atoms with van der Waals surface area (Å²) in [5.74, 6) is -0.537. The SMILES string of the molecule is C=C(C)C(=O)OCCNS(=O)(=O)c1ccc2ccccc2c1. The summed E-state index contributed by atoms with van der Waals surface area (Å²) in [7, 11) is -3.63. The Morgan fingerprint density at radius 1 is 1.18 bits per heavy atom. The summed E-state index contributed by atoms with van der Waals surface area (Å²) >= 11 is 0. The fraction of sp³-hybridized carbons (Fsp3) is 0.188. The van der Waals surface area contributed by atoms with Crippen LogP contribution in [0.1, 0.15) is 6.92 Å². The Balaban J connectivity index is 2.02. The number of carbonyl (C=O) groups excluding carboxylic acids is 1. The molecule has 0 aliphatic carbocycles. The van der Waals surface area contributed by atoms with Crippen LogP contribution in [0, 0.1) is 0 Å². The molecule has 0 fully saturated rings. The lowest BCUT2D eigenvalue weighted by Gasteiger charge is -2.08. The van der Waals surface area contributed by atoms with Crippen LogP contribution < -0.4 is 4.72 Å². The van der Waals surface area contributed by atoms with Crippen LogP contribution in [0.5, 0.6) is 0 Å². The first-order valence-electron chi connectivity index (χ1n) is 6.71. The third-order valence-electron chi connectivity index (χ3n) is 3.01. The molecule has 0 saturated carbocycles. The fourth-order valence-electron chi connectivity index (χ4n) is 1.86. The summed E-state index contributed by atoms with van der Waals surface area (Å²) in [4.78, 5) is 11.4. The average molecular weight is 319 g/mol. The van der Waals surface area contributed by atoms with E-state index in [1.807, 2.05) is 24.3 Å². The van der Waals surface area contributed by atoms with E-state index in [1.165, 1.54) is 6.92 Å². The molecule has 0 unspecified atom stereocenters. The smallest absolute Gasteiger partial charge is 0.333 e. The molecular weight excluding hydrogens is 302 g/mol. The molecule has 5 nitrogen and oxygen atoms in total. The first-order chi connectivity index (χ1) is 10.4. The van der Waals surface area contributed by atoms with Crippen LogP contribution in [0.25, 0.3) is 10.8 Å². The molecule has 116 valence electrons. The van der Waals surface area contributed by atoms with Crippen molar-refractivity contribution < 1.29 is 17.9 Å². The number of rotatable bonds is 6. The molecule has 0 spiro atoms. The van der Waals surface area contributed by atoms with Gasteiger partial charge in [0.1, 0.15) is 6.61 Å². The molecule has 0 amide bonds. The number of esters is 1. The molecule has 2 aromatic carbocycles. The number of sulfonamides is 1. The van der Waals surface area contributed by atoms with Gasteiger partial charge in [-0.2, -0.15) is 0 Å². The minimum atomic E-state index is -3.63. The van der Waals surface area contributed by atoms with Gasteiger partial charge in [-0.3, -0.25) is 0 Å². The summed E-state index contributed by atoms with van der Waals surface area (Å²) in [6, 6.07) is 12.4. The van der Waals surface area contributed by atoms with E-state index in [0.29, 0.717) is 0 Å². The van der Waals surface area contributed by atoms with Crippen LogP contribution in [0.2, 0.25) is 0 Å². The van der Waals surface area contributed by atoms with Crippen molar-refractivity contribution in [2.75, 3.05) is 13.2 Å². The van der Waals surface area contributed by atoms with E-state index in [2.05, 4.69) is 11.3 Å². The molecule has 0 aliphatic rings. The number of nitrogens with one attached hydrogen (secondary N) is 1. The van der Waals surface area contributed by atoms with E-state index in [-0.39, 0.29) is 23.6 Å². The van der Waals surface area contributed by atoms with Gasteiger partial charge in [0.15, 0.2) is 0 Å². The van der Waals surface area contributed by atoms with Crippen LogP contribution >= 0.6 is 0 Å². The molecule has 0 atom stereocenters. The highest BCUT2D eigenvalue weighted by Gasteiger charge is 2.14. The Kier molecular flexibility index (Phi) is 4.95. The summed E-state index contributed by atoms with van der Waals surface area (Å²) in [5, 5.41) is 1.82. The number of carbonyl (C=O) groups is 1. The Labute approximate surface area is 129 Å². The van der Waals surface area contributed by atoms with E-state index < -0.39 is 16.0 Å². The van der Waals surface area contributed by atoms with Crippen molar-refractivity contribution in [1.82, 2.24) is 4.72 Å². The summed E-state index contributed by atoms with van der Waals surface area (Å²) in [5.41, 5.74) is 0.275. The van der Waals surface area contributed by atoms with Gasteiger partial charge >= 0.3 is 5.97 Å². The van der Waals surface area contributed by atoms with Gasteiger partial charge in [0.05, 0.1) is 4.90 Å². The molecule has 0 aliphatic heterocycles. The zero-order valence-electron chi connectivity index (χ0n) is 12.2. The molecule has 2 rings (SSSR count). The third kappa shape index (κ3) is 3.93. The average Bonchev–Trinajstić information content (AvgIpc) is 2.50. The molecular formula is C16H17NO4S. The summed E-state index contributed by atoms with van der Waals surface area (Å²) in [6.45, 7) is 4.94. The Morgan fingerprint density at radius 3 is 2.55 bits per heavy atom. The number of hydrogen-bond acceptors (Lipinski definition) is 4. The quantitative estimate of drug-likeness (QED) is 0.503. The topological polar surface area (TPSA) is 72.5 Å². The largest absolute Gasteiger partial charge is 0.461 e. The van der Waals surface area contributed by atoms with E-state index in [0.717, 1.165) is 10.8 Å². The van der Waals surface area contributed by atoms with E-state index in [1.54, 1.807) is 18.2 Å². The van der Waals surface area contributed by atoms with E-state index >= 15 is 0 Å². The lowest BCUT2D eigenvalue weighted by Crippen LogP contribution is -2.28. The van der Waals surface area contributed by atoms with Crippen molar-refractivity contribution in [3.63, 3.8) is 0 Å². The van der Waals surface area contributed by atoms with Crippen LogP contribution in [-0.4, -0.2) is 27.5 Å². The first-order valence-corrected chi connectivity index (χ1v) is 8.19. The monoisotopic (exact) mass is 319 g/mol. The maximum atomic E-state index is 12.2. The minimum absolute atomic E-state index is 0.00812. The van der Waals surface area contributed by atoms with Crippen LogP contribution in [0.15, 0.2) is 59.5 Å². The lowest BCUT2D eigenvalue weighted by atomic mass is 10.1. The maximum absolute atomic E-state index is 12.2. The van der Waals surface area contributed by atoms with Crippen LogP contribution in [-0.2, 0) is 19.6 Å². The second kappa shape index (κ2) is 6.72. The molecule has 0 heterocycles. The van der Waals surface area contributed by atoms with Gasteiger partial charge < -0.3 is 4.74 Å². The van der Waals surface area contributed by atoms with Crippen molar-refractivity contribution >= 4 is 26.8 Å². The fourth-order valence-corrected chi connectivity index (χ4v) is 2.91. The van der Waals surface area contributed by atoms with Gasteiger partial charge in [0, 0.05) is 12.1 Å². The lowest BCUT2D eigenvalue weighted by molar-refractivity contribution is -0.138. The Bertz CT molecular complexity index is 812. The second-order valence-corrected chi connectivity index (χ2v) is 6.59. The highest BCUT2D eigenvalue weighted by molar-refractivity contribution is 7.89. The third-order valence-corrected chi connectivity index (χ3v) is 4.47. The Hall–Kier alpha value is -2.18. The highest BCUT2D eigenvalue weighted by atomic mass is 32.2. The predicted octanol–water partition coefficient (Wildman–Crippen LogP) is 2.24. The van der Waals surface area contributed by atoms with Crippen molar-refractivity contribution in [2.45, 2.75) is 11.8 Å². The molecule has 0 bridgehead atoms. The van der Waals surface area contributed by atoms with E-state index in [9.17, 15) is 13.2 Å². The predicted molar refractivity (Wildman–Crippen MR) is 84.9 cm³/mol.